The molecule has 0 aliphatic rings. The molecule has 0 bridgehead atoms. The molecule has 0 unspecified atom stereocenters. The van der Waals surface area contributed by atoms with Crippen LogP contribution in [-0.2, 0) is 23.1 Å². The van der Waals surface area contributed by atoms with Crippen molar-refractivity contribution in [3.63, 3.8) is 0 Å². The van der Waals surface area contributed by atoms with Crippen molar-refractivity contribution in [2.24, 2.45) is 0 Å². The molecule has 0 radical (unpaired) electrons. The molecule has 1 aromatic carbocycles. The number of benzene rings is 1. The average molecular weight is 324 g/mol. The van der Waals surface area contributed by atoms with E-state index in [9.17, 15) is 8.42 Å². The Kier molecular flexibility index (Phi) is 5.16. The highest BCUT2D eigenvalue weighted by atomic mass is 32.2. The Balaban J connectivity index is 2.23. The highest BCUT2D eigenvalue weighted by Gasteiger charge is 2.22. The van der Waals surface area contributed by atoms with Crippen LogP contribution >= 0.6 is 11.3 Å². The van der Waals surface area contributed by atoms with E-state index in [0.29, 0.717) is 18.0 Å². The zero-order chi connectivity index (χ0) is 15.5. The predicted octanol–water partition coefficient (Wildman–Crippen LogP) is 2.56. The second-order valence-corrected chi connectivity index (χ2v) is 7.62. The van der Waals surface area contributed by atoms with Crippen LogP contribution in [0, 0.1) is 13.8 Å². The highest BCUT2D eigenvalue weighted by Crippen LogP contribution is 2.26. The lowest BCUT2D eigenvalue weighted by Crippen LogP contribution is -2.25. The lowest BCUT2D eigenvalue weighted by molar-refractivity contribution is 0.579. The van der Waals surface area contributed by atoms with Gasteiger partial charge >= 0.3 is 0 Å². The van der Waals surface area contributed by atoms with Gasteiger partial charge < -0.3 is 5.32 Å². The monoisotopic (exact) mass is 324 g/mol. The van der Waals surface area contributed by atoms with Gasteiger partial charge in [0.05, 0.1) is 0 Å². The summed E-state index contributed by atoms with van der Waals surface area (Å²) in [6.07, 6.45) is 0. The summed E-state index contributed by atoms with van der Waals surface area (Å²) in [7, 11) is -1.68. The van der Waals surface area contributed by atoms with E-state index in [1.807, 2.05) is 50.5 Å². The molecule has 0 saturated carbocycles. The maximum Gasteiger partial charge on any atom is 0.242 e. The van der Waals surface area contributed by atoms with Crippen LogP contribution in [0.4, 0.5) is 0 Å². The van der Waals surface area contributed by atoms with Crippen LogP contribution in [0.5, 0.6) is 0 Å². The Labute approximate surface area is 130 Å². The zero-order valence-electron chi connectivity index (χ0n) is 12.4. The lowest BCUT2D eigenvalue weighted by Gasteiger charge is -2.10. The number of nitrogens with one attached hydrogen (secondary N) is 2. The van der Waals surface area contributed by atoms with Crippen LogP contribution in [0.15, 0.2) is 34.5 Å². The van der Waals surface area contributed by atoms with Gasteiger partial charge in [0.2, 0.25) is 10.0 Å². The number of rotatable bonds is 6. The Morgan fingerprint density at radius 1 is 1.10 bits per heavy atom. The second-order valence-electron chi connectivity index (χ2n) is 4.95. The van der Waals surface area contributed by atoms with E-state index >= 15 is 0 Å². The quantitative estimate of drug-likeness (QED) is 0.858. The van der Waals surface area contributed by atoms with Gasteiger partial charge in [-0.1, -0.05) is 24.3 Å². The molecule has 2 N–H and O–H groups in total. The van der Waals surface area contributed by atoms with Crippen LogP contribution in [-0.4, -0.2) is 15.5 Å². The molecule has 0 saturated heterocycles. The van der Waals surface area contributed by atoms with Crippen molar-refractivity contribution in [1.29, 1.82) is 0 Å². The first-order chi connectivity index (χ1) is 9.95. The van der Waals surface area contributed by atoms with Gasteiger partial charge in [0.15, 0.2) is 0 Å². The first-order valence-corrected chi connectivity index (χ1v) is 9.07. The molecular formula is C15H20N2O2S2. The summed E-state index contributed by atoms with van der Waals surface area (Å²) in [4.78, 5) is 1.25. The van der Waals surface area contributed by atoms with Crippen molar-refractivity contribution < 1.29 is 8.42 Å². The van der Waals surface area contributed by atoms with Crippen LogP contribution in [0.3, 0.4) is 0 Å². The van der Waals surface area contributed by atoms with E-state index in [1.54, 1.807) is 0 Å². The van der Waals surface area contributed by atoms with Gasteiger partial charge in [-0.2, -0.15) is 0 Å². The van der Waals surface area contributed by atoms with Gasteiger partial charge in [0, 0.05) is 18.0 Å². The Morgan fingerprint density at radius 2 is 1.81 bits per heavy atom. The first kappa shape index (κ1) is 16.2. The Hall–Kier alpha value is -1.21. The molecule has 0 fully saturated rings. The molecule has 1 heterocycles. The maximum absolute atomic E-state index is 12.6. The number of thiophene rings is 1. The minimum atomic E-state index is -3.50. The van der Waals surface area contributed by atoms with E-state index in [2.05, 4.69) is 10.0 Å². The minimum Gasteiger partial charge on any atom is -0.315 e. The molecule has 4 nitrogen and oxygen atoms in total. The fraction of sp³-hybridized carbons (Fsp3) is 0.333. The summed E-state index contributed by atoms with van der Waals surface area (Å²) >= 11 is 1.47. The standard InChI is InChI=1S/C15H20N2O2S2/c1-11-6-4-5-7-13(11)8-17-21(18,19)15-12(2)10-20-14(15)9-16-3/h4-7,10,16-17H,8-9H2,1-3H3. The van der Waals surface area contributed by atoms with Crippen molar-refractivity contribution in [2.45, 2.75) is 31.8 Å². The van der Waals surface area contributed by atoms with Crippen molar-refractivity contribution in [3.05, 3.63) is 51.2 Å². The molecule has 1 aromatic heterocycles. The van der Waals surface area contributed by atoms with E-state index in [4.69, 9.17) is 0 Å². The summed E-state index contributed by atoms with van der Waals surface area (Å²) in [5.41, 5.74) is 2.87. The van der Waals surface area contributed by atoms with Gasteiger partial charge in [-0.05, 0) is 43.0 Å². The van der Waals surface area contributed by atoms with Crippen LogP contribution < -0.4 is 10.0 Å². The smallest absolute Gasteiger partial charge is 0.242 e. The second kappa shape index (κ2) is 6.70. The minimum absolute atomic E-state index is 0.309. The third kappa shape index (κ3) is 3.71. The summed E-state index contributed by atoms with van der Waals surface area (Å²) in [5, 5.41) is 4.89. The molecule has 2 aromatic rings. The van der Waals surface area contributed by atoms with Gasteiger partial charge in [-0.25, -0.2) is 13.1 Å². The predicted molar refractivity (Wildman–Crippen MR) is 87.0 cm³/mol. The topological polar surface area (TPSA) is 58.2 Å². The van der Waals surface area contributed by atoms with Crippen LogP contribution in [0.2, 0.25) is 0 Å². The number of sulfonamides is 1. The Morgan fingerprint density at radius 3 is 2.48 bits per heavy atom. The van der Waals surface area contributed by atoms with E-state index in [-0.39, 0.29) is 0 Å². The summed E-state index contributed by atoms with van der Waals surface area (Å²) in [6, 6.07) is 7.78. The van der Waals surface area contributed by atoms with Crippen LogP contribution in [0.1, 0.15) is 21.6 Å². The molecule has 0 aliphatic heterocycles. The van der Waals surface area contributed by atoms with E-state index in [1.165, 1.54) is 11.3 Å². The zero-order valence-corrected chi connectivity index (χ0v) is 14.1. The maximum atomic E-state index is 12.6. The van der Waals surface area contributed by atoms with E-state index in [0.717, 1.165) is 21.6 Å². The van der Waals surface area contributed by atoms with Crippen molar-refractivity contribution >= 4 is 21.4 Å². The molecule has 114 valence electrons. The first-order valence-electron chi connectivity index (χ1n) is 6.71. The lowest BCUT2D eigenvalue weighted by atomic mass is 10.1. The molecule has 6 heteroatoms. The number of hydrogen-bond acceptors (Lipinski definition) is 4. The third-order valence-electron chi connectivity index (χ3n) is 3.31. The summed E-state index contributed by atoms with van der Waals surface area (Å²) < 4.78 is 27.8. The average Bonchev–Trinajstić information content (AvgIpc) is 2.80. The number of aryl methyl sites for hydroxylation is 2. The molecule has 0 spiro atoms. The van der Waals surface area contributed by atoms with Crippen molar-refractivity contribution in [3.8, 4) is 0 Å². The highest BCUT2D eigenvalue weighted by molar-refractivity contribution is 7.89. The summed E-state index contributed by atoms with van der Waals surface area (Å²) in [6.45, 7) is 4.67. The van der Waals surface area contributed by atoms with Crippen molar-refractivity contribution in [2.75, 3.05) is 7.05 Å². The van der Waals surface area contributed by atoms with Crippen molar-refractivity contribution in [1.82, 2.24) is 10.0 Å². The van der Waals surface area contributed by atoms with Gasteiger partial charge in [-0.15, -0.1) is 11.3 Å². The SMILES string of the molecule is CNCc1scc(C)c1S(=O)(=O)NCc1ccccc1C. The molecule has 0 atom stereocenters. The van der Waals surface area contributed by atoms with Gasteiger partial charge in [-0.3, -0.25) is 0 Å². The van der Waals surface area contributed by atoms with Crippen LogP contribution in [0.25, 0.3) is 0 Å². The third-order valence-corrected chi connectivity index (χ3v) is 6.17. The number of hydrogen-bond donors (Lipinski definition) is 2. The Bertz CT molecular complexity index is 721. The molecule has 2 rings (SSSR count). The largest absolute Gasteiger partial charge is 0.315 e. The van der Waals surface area contributed by atoms with Gasteiger partial charge in [0.1, 0.15) is 4.90 Å². The fourth-order valence-electron chi connectivity index (χ4n) is 2.18. The fourth-order valence-corrected chi connectivity index (χ4v) is 5.01. The molecule has 21 heavy (non-hydrogen) atoms. The van der Waals surface area contributed by atoms with E-state index < -0.39 is 10.0 Å². The molecule has 0 amide bonds. The summed E-state index contributed by atoms with van der Waals surface area (Å²) in [5.74, 6) is 0. The normalized spacial score (nSPS) is 11.8. The molecule has 0 aliphatic carbocycles. The van der Waals surface area contributed by atoms with Gasteiger partial charge in [0.25, 0.3) is 0 Å². The molecular weight excluding hydrogens is 304 g/mol.